The average Bonchev–Trinajstić information content (AvgIpc) is 2.68. The fraction of sp³-hybridized carbons (Fsp3) is 0.300. The first-order valence-corrected chi connectivity index (χ1v) is 9.31. The highest BCUT2D eigenvalue weighted by Gasteiger charge is 2.36. The van der Waals surface area contributed by atoms with E-state index in [9.17, 15) is 19.8 Å². The zero-order valence-electron chi connectivity index (χ0n) is 16.0. The molecule has 1 aliphatic heterocycles. The molecule has 2 aromatic carbocycles. The first-order valence-electron chi connectivity index (χ1n) is 9.31. The first kappa shape index (κ1) is 21.5. The van der Waals surface area contributed by atoms with E-state index in [4.69, 9.17) is 20.5 Å². The lowest BCUT2D eigenvalue weighted by atomic mass is 9.82. The molecule has 30 heavy (non-hydrogen) atoms. The van der Waals surface area contributed by atoms with Crippen LogP contribution in [0.2, 0.25) is 6.32 Å². The number of phenols is 1. The molecule has 6 N–H and O–H groups in total. The van der Waals surface area contributed by atoms with Crippen molar-refractivity contribution >= 4 is 19.0 Å². The number of ether oxygens (including phenoxy) is 1. The van der Waals surface area contributed by atoms with E-state index in [1.165, 1.54) is 17.0 Å². The number of nitrogens with two attached hydrogens (primary N) is 1. The van der Waals surface area contributed by atoms with Gasteiger partial charge in [-0.25, -0.2) is 4.79 Å². The van der Waals surface area contributed by atoms with Gasteiger partial charge in [0, 0.05) is 0 Å². The van der Waals surface area contributed by atoms with Gasteiger partial charge in [-0.3, -0.25) is 4.79 Å². The van der Waals surface area contributed by atoms with Crippen LogP contribution >= 0.6 is 0 Å². The van der Waals surface area contributed by atoms with Gasteiger partial charge < -0.3 is 35.6 Å². The van der Waals surface area contributed by atoms with Crippen LogP contribution in [0.25, 0.3) is 0 Å². The van der Waals surface area contributed by atoms with Gasteiger partial charge in [0.15, 0.2) is 0 Å². The van der Waals surface area contributed by atoms with Gasteiger partial charge in [0.2, 0.25) is 5.91 Å². The van der Waals surface area contributed by atoms with Gasteiger partial charge in [-0.2, -0.15) is 0 Å². The quantitative estimate of drug-likeness (QED) is 0.380. The Labute approximate surface area is 173 Å². The smallest absolute Gasteiger partial charge is 0.451 e. The largest absolute Gasteiger partial charge is 0.507 e. The van der Waals surface area contributed by atoms with Crippen molar-refractivity contribution in [2.24, 2.45) is 5.73 Å². The molecule has 1 atom stereocenters. The number of aromatic carboxylic acids is 1. The van der Waals surface area contributed by atoms with Crippen LogP contribution in [-0.2, 0) is 11.2 Å². The molecule has 0 aromatic heterocycles. The summed E-state index contributed by atoms with van der Waals surface area (Å²) in [6, 6.07) is 12.4. The molecule has 156 valence electrons. The van der Waals surface area contributed by atoms with Crippen molar-refractivity contribution in [1.29, 1.82) is 0 Å². The molecule has 1 saturated heterocycles. The topological polar surface area (TPSA) is 154 Å². The fourth-order valence-corrected chi connectivity index (χ4v) is 3.17. The Morgan fingerprint density at radius 1 is 1.27 bits per heavy atom. The van der Waals surface area contributed by atoms with Gasteiger partial charge >= 0.3 is 13.1 Å². The third-order valence-corrected chi connectivity index (χ3v) is 4.87. The summed E-state index contributed by atoms with van der Waals surface area (Å²) in [5, 5.41) is 37.7. The normalized spacial score (nSPS) is 14.4. The van der Waals surface area contributed by atoms with Crippen LogP contribution in [-0.4, -0.2) is 63.3 Å². The molecule has 0 bridgehead atoms. The Morgan fingerprint density at radius 3 is 2.60 bits per heavy atom. The van der Waals surface area contributed by atoms with E-state index in [1.807, 2.05) is 0 Å². The number of aryl methyl sites for hydroxylation is 1. The molecule has 0 radical (unpaired) electrons. The van der Waals surface area contributed by atoms with Crippen LogP contribution in [0.15, 0.2) is 30.3 Å². The Balaban J connectivity index is 1.64. The maximum absolute atomic E-state index is 12.5. The summed E-state index contributed by atoms with van der Waals surface area (Å²) in [7, 11) is -1.56. The molecule has 1 fully saturated rings. The van der Waals surface area contributed by atoms with Crippen molar-refractivity contribution in [3.63, 3.8) is 0 Å². The zero-order chi connectivity index (χ0) is 21.8. The average molecular weight is 412 g/mol. The standard InChI is InChI=1S/C20H21BN2O7/c22-17(12-4-2-1-3-5-12)19(25)23-10-14(11-23)30-15-7-6-13(8-9-21(28)29)18(24)16(15)20(26)27/h2,4-7,14,17,24,28-29H,8-11,22H2,(H,26,27)/t17-/m1/s1. The summed E-state index contributed by atoms with van der Waals surface area (Å²) in [5.41, 5.74) is 6.46. The molecule has 2 aromatic rings. The third-order valence-electron chi connectivity index (χ3n) is 4.87. The Kier molecular flexibility index (Phi) is 6.47. The minimum atomic E-state index is -1.56. The van der Waals surface area contributed by atoms with Crippen LogP contribution in [0.5, 0.6) is 11.5 Å². The maximum Gasteiger partial charge on any atom is 0.451 e. The van der Waals surface area contributed by atoms with Crippen molar-refractivity contribution in [3.8, 4) is 11.5 Å². The summed E-state index contributed by atoms with van der Waals surface area (Å²) in [4.78, 5) is 25.6. The van der Waals surface area contributed by atoms with Crippen LogP contribution in [0.1, 0.15) is 27.5 Å². The molecular formula is C20H21BN2O7. The van der Waals surface area contributed by atoms with Gasteiger partial charge in [-0.1, -0.05) is 18.2 Å². The zero-order valence-corrected chi connectivity index (χ0v) is 16.0. The van der Waals surface area contributed by atoms with Crippen LogP contribution in [0.4, 0.5) is 0 Å². The molecule has 0 aliphatic carbocycles. The van der Waals surface area contributed by atoms with Crippen molar-refractivity contribution in [2.75, 3.05) is 13.1 Å². The van der Waals surface area contributed by atoms with E-state index in [1.54, 1.807) is 18.2 Å². The number of hydrogen-bond donors (Lipinski definition) is 5. The van der Waals surface area contributed by atoms with Crippen molar-refractivity contribution in [2.45, 2.75) is 24.9 Å². The molecule has 0 spiro atoms. The number of benzene rings is 1. The van der Waals surface area contributed by atoms with Crippen LogP contribution in [0.3, 0.4) is 0 Å². The molecule has 3 rings (SSSR count). The van der Waals surface area contributed by atoms with Gasteiger partial charge in [-0.15, -0.1) is 0 Å². The number of carboxylic acids is 1. The van der Waals surface area contributed by atoms with Crippen LogP contribution < -0.4 is 10.5 Å². The minimum Gasteiger partial charge on any atom is -0.507 e. The van der Waals surface area contributed by atoms with Gasteiger partial charge in [-0.05, 0) is 48.1 Å². The lowest BCUT2D eigenvalue weighted by molar-refractivity contribution is -0.141. The van der Waals surface area contributed by atoms with E-state index >= 15 is 0 Å². The molecule has 0 unspecified atom stereocenters. The number of rotatable bonds is 8. The molecule has 10 heteroatoms. The van der Waals surface area contributed by atoms with Crippen molar-refractivity contribution < 1.29 is 34.6 Å². The highest BCUT2D eigenvalue weighted by Crippen LogP contribution is 2.34. The Hall–Kier alpha value is -3.26. The van der Waals surface area contributed by atoms with Crippen molar-refractivity contribution in [1.82, 2.24) is 4.90 Å². The molecule has 0 saturated carbocycles. The van der Waals surface area contributed by atoms with Crippen molar-refractivity contribution in [3.05, 3.63) is 59.2 Å². The maximum atomic E-state index is 12.5. The number of carbonyl (C=O) groups excluding carboxylic acids is 1. The monoisotopic (exact) mass is 412 g/mol. The molecular weight excluding hydrogens is 391 g/mol. The third kappa shape index (κ3) is 4.66. The summed E-state index contributed by atoms with van der Waals surface area (Å²) in [6.07, 6.45) is -0.411. The SMILES string of the molecule is N[C@@H](C(=O)N1CC(Oc2ccc(CCB(O)O)c(O)c2C(=O)O)C1)c1cc#ccc1. The van der Waals surface area contributed by atoms with E-state index in [0.29, 0.717) is 5.56 Å². The second kappa shape index (κ2) is 9.05. The summed E-state index contributed by atoms with van der Waals surface area (Å²) in [6.45, 7) is 0.459. The van der Waals surface area contributed by atoms with Gasteiger partial charge in [0.05, 0.1) is 13.1 Å². The van der Waals surface area contributed by atoms with E-state index in [2.05, 4.69) is 12.1 Å². The predicted molar refractivity (Wildman–Crippen MR) is 106 cm³/mol. The minimum absolute atomic E-state index is 0.0251. The number of likely N-dealkylation sites (tertiary alicyclic amines) is 1. The Bertz CT molecular complexity index is 917. The van der Waals surface area contributed by atoms with E-state index in [0.717, 1.165) is 0 Å². The number of aromatic hydroxyl groups is 1. The Morgan fingerprint density at radius 2 is 2.00 bits per heavy atom. The second-order valence-electron chi connectivity index (χ2n) is 7.00. The number of hydrogen-bond acceptors (Lipinski definition) is 7. The van der Waals surface area contributed by atoms with Crippen LogP contribution in [0, 0.1) is 12.1 Å². The van der Waals surface area contributed by atoms with Gasteiger partial charge in [0.25, 0.3) is 0 Å². The highest BCUT2D eigenvalue weighted by atomic mass is 16.5. The number of nitrogens with zero attached hydrogens (tertiary/aromatic N) is 1. The first-order chi connectivity index (χ1) is 14.3. The van der Waals surface area contributed by atoms with E-state index in [-0.39, 0.29) is 43.1 Å². The predicted octanol–water partition coefficient (Wildman–Crippen LogP) is -0.00432. The highest BCUT2D eigenvalue weighted by molar-refractivity contribution is 6.41. The number of amides is 1. The lowest BCUT2D eigenvalue weighted by Crippen LogP contribution is -2.58. The summed E-state index contributed by atoms with van der Waals surface area (Å²) < 4.78 is 5.68. The molecule has 1 heterocycles. The molecule has 1 amide bonds. The number of carboxylic acid groups (broad SMARTS) is 1. The number of carbonyl (C=O) groups is 2. The fourth-order valence-electron chi connectivity index (χ4n) is 3.17. The second-order valence-corrected chi connectivity index (χ2v) is 7.00. The van der Waals surface area contributed by atoms with E-state index < -0.39 is 36.5 Å². The summed E-state index contributed by atoms with van der Waals surface area (Å²) in [5.74, 6) is -2.16. The summed E-state index contributed by atoms with van der Waals surface area (Å²) >= 11 is 0. The van der Waals surface area contributed by atoms with Gasteiger partial charge in [0.1, 0.15) is 29.2 Å². The molecule has 9 nitrogen and oxygen atoms in total. The lowest BCUT2D eigenvalue weighted by Gasteiger charge is -2.40. The molecule has 1 aliphatic rings.